The van der Waals surface area contributed by atoms with Gasteiger partial charge in [0.1, 0.15) is 0 Å². The summed E-state index contributed by atoms with van der Waals surface area (Å²) in [4.78, 5) is 4.33. The van der Waals surface area contributed by atoms with Crippen molar-refractivity contribution in [2.45, 2.75) is 39.2 Å². The molecule has 0 bridgehead atoms. The van der Waals surface area contributed by atoms with Gasteiger partial charge in [-0.05, 0) is 42.4 Å². The topological polar surface area (TPSA) is 64.1 Å². The lowest BCUT2D eigenvalue weighted by Gasteiger charge is -2.27. The highest BCUT2D eigenvalue weighted by atomic mass is 127. The molecule has 27 heavy (non-hydrogen) atoms. The lowest BCUT2D eigenvalue weighted by molar-refractivity contribution is 0.282. The van der Waals surface area contributed by atoms with E-state index in [2.05, 4.69) is 22.5 Å². The van der Waals surface area contributed by atoms with E-state index < -0.39 is 0 Å². The van der Waals surface area contributed by atoms with Crippen molar-refractivity contribution in [1.82, 2.24) is 10.6 Å². The van der Waals surface area contributed by atoms with Crippen LogP contribution >= 0.6 is 24.0 Å². The second-order valence-electron chi connectivity index (χ2n) is 6.98. The predicted octanol–water partition coefficient (Wildman–Crippen LogP) is 3.82. The summed E-state index contributed by atoms with van der Waals surface area (Å²) in [5, 5.41) is 6.82. The molecule has 1 aliphatic carbocycles. The Hall–Kier alpha value is -1.38. The van der Waals surface area contributed by atoms with Crippen molar-refractivity contribution in [1.29, 1.82) is 0 Å². The first kappa shape index (κ1) is 23.7. The van der Waals surface area contributed by atoms with E-state index >= 15 is 0 Å². The molecule has 7 heteroatoms. The quantitative estimate of drug-likeness (QED) is 0.345. The molecule has 0 saturated heterocycles. The van der Waals surface area contributed by atoms with Gasteiger partial charge in [0.25, 0.3) is 0 Å². The SMILES string of the molecule is CN=C(NCc1cc(OC)c(OC)c(OC)c1)NCC1CCCC(C)C1.I. The summed E-state index contributed by atoms with van der Waals surface area (Å²) in [5.41, 5.74) is 1.04. The van der Waals surface area contributed by atoms with Crippen LogP contribution in [-0.4, -0.2) is 40.9 Å². The van der Waals surface area contributed by atoms with Crippen LogP contribution < -0.4 is 24.8 Å². The van der Waals surface area contributed by atoms with E-state index in [1.54, 1.807) is 28.4 Å². The van der Waals surface area contributed by atoms with Gasteiger partial charge in [0.05, 0.1) is 21.3 Å². The fourth-order valence-corrected chi connectivity index (χ4v) is 3.63. The Labute approximate surface area is 180 Å². The molecule has 154 valence electrons. The molecular weight excluding hydrogens is 457 g/mol. The first-order chi connectivity index (χ1) is 12.6. The molecule has 6 nitrogen and oxygen atoms in total. The maximum absolute atomic E-state index is 5.41. The van der Waals surface area contributed by atoms with Crippen molar-refractivity contribution >= 4 is 29.9 Å². The molecular formula is C20H34IN3O3. The van der Waals surface area contributed by atoms with Crippen molar-refractivity contribution in [3.8, 4) is 17.2 Å². The average molecular weight is 491 g/mol. The summed E-state index contributed by atoms with van der Waals surface area (Å²) < 4.78 is 16.2. The number of nitrogens with one attached hydrogen (secondary N) is 2. The van der Waals surface area contributed by atoms with Gasteiger partial charge in [-0.25, -0.2) is 0 Å². The molecule has 0 aliphatic heterocycles. The average Bonchev–Trinajstić information content (AvgIpc) is 2.67. The predicted molar refractivity (Wildman–Crippen MR) is 121 cm³/mol. The maximum Gasteiger partial charge on any atom is 0.203 e. The molecule has 2 unspecified atom stereocenters. The molecule has 1 fully saturated rings. The smallest absolute Gasteiger partial charge is 0.203 e. The Balaban J connectivity index is 0.00000364. The number of hydrogen-bond acceptors (Lipinski definition) is 4. The number of halogens is 1. The van der Waals surface area contributed by atoms with Crippen LogP contribution in [0.25, 0.3) is 0 Å². The molecule has 1 aromatic rings. The van der Waals surface area contributed by atoms with Crippen LogP contribution in [0.3, 0.4) is 0 Å². The third-order valence-electron chi connectivity index (χ3n) is 5.01. The fourth-order valence-electron chi connectivity index (χ4n) is 3.63. The number of guanidine groups is 1. The first-order valence-electron chi connectivity index (χ1n) is 9.34. The first-order valence-corrected chi connectivity index (χ1v) is 9.34. The van der Waals surface area contributed by atoms with E-state index in [0.717, 1.165) is 29.9 Å². The maximum atomic E-state index is 5.41. The summed E-state index contributed by atoms with van der Waals surface area (Å²) in [6.07, 6.45) is 5.31. The van der Waals surface area contributed by atoms with Gasteiger partial charge in [0.2, 0.25) is 5.75 Å². The zero-order valence-corrected chi connectivity index (χ0v) is 19.5. The highest BCUT2D eigenvalue weighted by Gasteiger charge is 2.19. The van der Waals surface area contributed by atoms with Gasteiger partial charge in [-0.2, -0.15) is 0 Å². The molecule has 0 amide bonds. The van der Waals surface area contributed by atoms with Gasteiger partial charge in [0.15, 0.2) is 17.5 Å². The number of methoxy groups -OCH3 is 3. The van der Waals surface area contributed by atoms with Crippen LogP contribution in [0.5, 0.6) is 17.2 Å². The molecule has 0 radical (unpaired) electrons. The number of hydrogen-bond donors (Lipinski definition) is 2. The molecule has 2 atom stereocenters. The Kier molecular flexibility index (Phi) is 10.6. The van der Waals surface area contributed by atoms with Crippen molar-refractivity contribution in [2.24, 2.45) is 16.8 Å². The van der Waals surface area contributed by atoms with Gasteiger partial charge in [-0.15, -0.1) is 24.0 Å². The van der Waals surface area contributed by atoms with Crippen molar-refractivity contribution in [2.75, 3.05) is 34.9 Å². The summed E-state index contributed by atoms with van der Waals surface area (Å²) in [6, 6.07) is 3.90. The minimum Gasteiger partial charge on any atom is -0.493 e. The zero-order chi connectivity index (χ0) is 18.9. The van der Waals surface area contributed by atoms with Crippen molar-refractivity contribution in [3.63, 3.8) is 0 Å². The van der Waals surface area contributed by atoms with E-state index in [9.17, 15) is 0 Å². The highest BCUT2D eigenvalue weighted by molar-refractivity contribution is 14.0. The number of nitrogens with zero attached hydrogens (tertiary/aromatic N) is 1. The summed E-state index contributed by atoms with van der Waals surface area (Å²) >= 11 is 0. The normalized spacial score (nSPS) is 19.7. The van der Waals surface area contributed by atoms with Crippen LogP contribution in [0.15, 0.2) is 17.1 Å². The lowest BCUT2D eigenvalue weighted by Crippen LogP contribution is -2.40. The molecule has 1 aromatic carbocycles. The zero-order valence-electron chi connectivity index (χ0n) is 17.1. The standard InChI is InChI=1S/C20H33N3O3.HI/c1-14-7-6-8-15(9-14)12-22-20(21-2)23-13-16-10-17(24-3)19(26-5)18(11-16)25-4;/h10-11,14-15H,6-9,12-13H2,1-5H3,(H2,21,22,23);1H. The summed E-state index contributed by atoms with van der Waals surface area (Å²) in [7, 11) is 6.66. The number of ether oxygens (including phenoxy) is 3. The summed E-state index contributed by atoms with van der Waals surface area (Å²) in [6.45, 7) is 3.94. The van der Waals surface area contributed by atoms with Crippen LogP contribution in [0.1, 0.15) is 38.2 Å². The van der Waals surface area contributed by atoms with Crippen LogP contribution in [0, 0.1) is 11.8 Å². The minimum absolute atomic E-state index is 0. The molecule has 2 N–H and O–H groups in total. The van der Waals surface area contributed by atoms with E-state index in [-0.39, 0.29) is 24.0 Å². The lowest BCUT2D eigenvalue weighted by atomic mass is 9.82. The Bertz CT molecular complexity index is 585. The number of aliphatic imine (C=N–C) groups is 1. The van der Waals surface area contributed by atoms with E-state index in [1.165, 1.54) is 25.7 Å². The Morgan fingerprint density at radius 2 is 1.74 bits per heavy atom. The second kappa shape index (κ2) is 12.2. The second-order valence-corrected chi connectivity index (χ2v) is 6.98. The number of benzene rings is 1. The third-order valence-corrected chi connectivity index (χ3v) is 5.01. The van der Waals surface area contributed by atoms with Crippen LogP contribution in [0.4, 0.5) is 0 Å². The van der Waals surface area contributed by atoms with E-state index in [0.29, 0.717) is 23.8 Å². The highest BCUT2D eigenvalue weighted by Crippen LogP contribution is 2.38. The van der Waals surface area contributed by atoms with Gasteiger partial charge in [-0.3, -0.25) is 4.99 Å². The third kappa shape index (κ3) is 6.93. The van der Waals surface area contributed by atoms with Gasteiger partial charge < -0.3 is 24.8 Å². The number of rotatable bonds is 7. The molecule has 1 aliphatic rings. The molecule has 1 saturated carbocycles. The van der Waals surface area contributed by atoms with E-state index in [1.807, 2.05) is 12.1 Å². The Morgan fingerprint density at radius 3 is 2.26 bits per heavy atom. The Morgan fingerprint density at radius 1 is 1.07 bits per heavy atom. The van der Waals surface area contributed by atoms with Crippen LogP contribution in [0.2, 0.25) is 0 Å². The van der Waals surface area contributed by atoms with Crippen molar-refractivity contribution in [3.05, 3.63) is 17.7 Å². The molecule has 2 rings (SSSR count). The van der Waals surface area contributed by atoms with E-state index in [4.69, 9.17) is 14.2 Å². The van der Waals surface area contributed by atoms with Gasteiger partial charge in [0, 0.05) is 20.1 Å². The minimum atomic E-state index is 0. The molecule has 0 heterocycles. The van der Waals surface area contributed by atoms with Crippen LogP contribution in [-0.2, 0) is 6.54 Å². The fraction of sp³-hybridized carbons (Fsp3) is 0.650. The molecule has 0 spiro atoms. The molecule has 0 aromatic heterocycles. The van der Waals surface area contributed by atoms with Gasteiger partial charge in [-0.1, -0.05) is 19.8 Å². The van der Waals surface area contributed by atoms with Crippen molar-refractivity contribution < 1.29 is 14.2 Å². The largest absolute Gasteiger partial charge is 0.493 e. The summed E-state index contributed by atoms with van der Waals surface area (Å²) in [5.74, 6) is 4.30. The van der Waals surface area contributed by atoms with Gasteiger partial charge >= 0.3 is 0 Å². The monoisotopic (exact) mass is 491 g/mol.